The average Bonchev–Trinajstić information content (AvgIpc) is 3.27. The summed E-state index contributed by atoms with van der Waals surface area (Å²) < 4.78 is 34.4. The highest BCUT2D eigenvalue weighted by atomic mass is 31.2. The molecule has 0 aliphatic heterocycles. The van der Waals surface area contributed by atoms with Gasteiger partial charge in [-0.25, -0.2) is 4.57 Å². The van der Waals surface area contributed by atoms with Gasteiger partial charge in [0.05, 0.1) is 27.7 Å². The van der Waals surface area contributed by atoms with E-state index in [0.717, 1.165) is 51.4 Å². The number of hydrogen-bond acceptors (Lipinski definition) is 7. The number of likely N-dealkylation sites (N-methyl/N-ethyl adjacent to an activating group) is 1. The molecule has 0 saturated heterocycles. The first-order valence-electron chi connectivity index (χ1n) is 27.0. The number of allylic oxidation sites excluding steroid dienone is 10. The Kier molecular flexibility index (Phi) is 46.1. The molecule has 0 aliphatic carbocycles. The molecule has 0 aromatic rings. The smallest absolute Gasteiger partial charge is 0.462 e. The Labute approximate surface area is 406 Å². The van der Waals surface area contributed by atoms with Gasteiger partial charge in [-0.1, -0.05) is 203 Å². The number of phosphoric ester groups is 1. The van der Waals surface area contributed by atoms with Crippen LogP contribution in [0.4, 0.5) is 0 Å². The van der Waals surface area contributed by atoms with Crippen molar-refractivity contribution in [3.05, 3.63) is 60.8 Å². The highest BCUT2D eigenvalue weighted by Crippen LogP contribution is 2.43. The number of ether oxygens (including phenoxy) is 2. The van der Waals surface area contributed by atoms with E-state index >= 15 is 0 Å². The van der Waals surface area contributed by atoms with Gasteiger partial charge in [-0.15, -0.1) is 0 Å². The standard InChI is InChI=1S/C56H102NO8P/c1-6-8-10-12-14-16-18-20-22-24-26-27-28-29-31-33-35-37-39-41-43-45-47-49-56(59)65-54(53-64-66(60,61)63-51-50-57(3,4)5)52-62-55(58)48-46-44-42-40-38-36-34-32-30-25-23-21-19-17-15-13-11-9-7-2/h15,17,21,23,30,32,36,38,41,43,54H,6-14,16,18-20,22,24-29,31,33-35,37,39-40,42,44-53H2,1-5H3/p+1/b17-15+,23-21+,32-30+,38-36+,43-41+/t54-/m1/s1. The maximum absolute atomic E-state index is 12.8. The molecule has 66 heavy (non-hydrogen) atoms. The van der Waals surface area contributed by atoms with Gasteiger partial charge in [0.1, 0.15) is 19.8 Å². The summed E-state index contributed by atoms with van der Waals surface area (Å²) in [5, 5.41) is 0. The molecule has 0 aliphatic rings. The Balaban J connectivity index is 4.30. The molecule has 384 valence electrons. The van der Waals surface area contributed by atoms with E-state index in [2.05, 4.69) is 74.6 Å². The second-order valence-corrected chi connectivity index (χ2v) is 20.7. The van der Waals surface area contributed by atoms with Gasteiger partial charge in [0, 0.05) is 12.8 Å². The second kappa shape index (κ2) is 47.8. The van der Waals surface area contributed by atoms with Crippen molar-refractivity contribution >= 4 is 19.8 Å². The third-order valence-electron chi connectivity index (χ3n) is 11.5. The Morgan fingerprint density at radius 3 is 1.30 bits per heavy atom. The summed E-state index contributed by atoms with van der Waals surface area (Å²) in [4.78, 5) is 35.6. The minimum atomic E-state index is -4.40. The van der Waals surface area contributed by atoms with Crippen molar-refractivity contribution in [3.8, 4) is 0 Å². The summed E-state index contributed by atoms with van der Waals surface area (Å²) in [5.74, 6) is -0.868. The summed E-state index contributed by atoms with van der Waals surface area (Å²) in [6.07, 6.45) is 60.1. The van der Waals surface area contributed by atoms with Gasteiger partial charge in [0.25, 0.3) is 0 Å². The summed E-state index contributed by atoms with van der Waals surface area (Å²) in [6, 6.07) is 0. The predicted octanol–water partition coefficient (Wildman–Crippen LogP) is 16.4. The highest BCUT2D eigenvalue weighted by molar-refractivity contribution is 7.47. The monoisotopic (exact) mass is 949 g/mol. The van der Waals surface area contributed by atoms with Crippen molar-refractivity contribution in [2.24, 2.45) is 0 Å². The Morgan fingerprint density at radius 1 is 0.470 bits per heavy atom. The minimum absolute atomic E-state index is 0.0200. The van der Waals surface area contributed by atoms with Crippen LogP contribution in [0, 0.1) is 0 Å². The molecule has 0 saturated carbocycles. The van der Waals surface area contributed by atoms with Crippen LogP contribution in [0.1, 0.15) is 232 Å². The van der Waals surface area contributed by atoms with Crippen molar-refractivity contribution < 1.29 is 42.1 Å². The third kappa shape index (κ3) is 51.1. The Morgan fingerprint density at radius 2 is 0.833 bits per heavy atom. The molecule has 0 amide bonds. The van der Waals surface area contributed by atoms with Gasteiger partial charge < -0.3 is 18.9 Å². The van der Waals surface area contributed by atoms with E-state index < -0.39 is 32.5 Å². The highest BCUT2D eigenvalue weighted by Gasteiger charge is 2.27. The molecule has 1 unspecified atom stereocenters. The molecule has 2 atom stereocenters. The normalized spacial score (nSPS) is 13.8. The molecule has 9 nitrogen and oxygen atoms in total. The first-order valence-corrected chi connectivity index (χ1v) is 28.5. The molecule has 1 N–H and O–H groups in total. The fourth-order valence-corrected chi connectivity index (χ4v) is 8.04. The largest absolute Gasteiger partial charge is 0.472 e. The number of hydrogen-bond donors (Lipinski definition) is 1. The molecule has 0 aromatic heterocycles. The summed E-state index contributed by atoms with van der Waals surface area (Å²) >= 11 is 0. The predicted molar refractivity (Wildman–Crippen MR) is 279 cm³/mol. The van der Waals surface area contributed by atoms with Crippen LogP contribution in [0.15, 0.2) is 60.8 Å². The first-order chi connectivity index (χ1) is 32.0. The van der Waals surface area contributed by atoms with Crippen LogP contribution in [-0.2, 0) is 32.7 Å². The Bertz CT molecular complexity index is 1300. The van der Waals surface area contributed by atoms with Crippen LogP contribution in [-0.4, -0.2) is 74.9 Å². The topological polar surface area (TPSA) is 108 Å². The van der Waals surface area contributed by atoms with E-state index in [4.69, 9.17) is 18.5 Å². The van der Waals surface area contributed by atoms with Gasteiger partial charge in [0.2, 0.25) is 0 Å². The van der Waals surface area contributed by atoms with E-state index in [9.17, 15) is 19.0 Å². The number of carbonyl (C=O) groups excluding carboxylic acids is 2. The zero-order valence-electron chi connectivity index (χ0n) is 43.4. The molecule has 0 spiro atoms. The molecule has 10 heteroatoms. The molecule has 0 bridgehead atoms. The van der Waals surface area contributed by atoms with Crippen LogP contribution < -0.4 is 0 Å². The second-order valence-electron chi connectivity index (χ2n) is 19.3. The van der Waals surface area contributed by atoms with Crippen molar-refractivity contribution in [1.29, 1.82) is 0 Å². The zero-order chi connectivity index (χ0) is 48.5. The number of quaternary nitrogens is 1. The molecular weight excluding hydrogens is 846 g/mol. The maximum atomic E-state index is 12.8. The van der Waals surface area contributed by atoms with Crippen LogP contribution in [0.5, 0.6) is 0 Å². The van der Waals surface area contributed by atoms with Gasteiger partial charge in [-0.05, 0) is 77.0 Å². The zero-order valence-corrected chi connectivity index (χ0v) is 44.3. The Hall–Kier alpha value is -2.29. The number of nitrogens with zero attached hydrogens (tertiary/aromatic N) is 1. The van der Waals surface area contributed by atoms with Crippen LogP contribution >= 0.6 is 7.82 Å². The van der Waals surface area contributed by atoms with Crippen molar-refractivity contribution in [2.45, 2.75) is 238 Å². The van der Waals surface area contributed by atoms with Gasteiger partial charge in [0.15, 0.2) is 6.10 Å². The first kappa shape index (κ1) is 63.7. The van der Waals surface area contributed by atoms with Crippen LogP contribution in [0.25, 0.3) is 0 Å². The summed E-state index contributed by atoms with van der Waals surface area (Å²) in [6.45, 7) is 4.35. The van der Waals surface area contributed by atoms with Gasteiger partial charge in [-0.2, -0.15) is 0 Å². The maximum Gasteiger partial charge on any atom is 0.472 e. The van der Waals surface area contributed by atoms with Crippen molar-refractivity contribution in [1.82, 2.24) is 0 Å². The molecule has 0 radical (unpaired) electrons. The average molecular weight is 949 g/mol. The molecule has 0 rings (SSSR count). The fourth-order valence-electron chi connectivity index (χ4n) is 7.30. The van der Waals surface area contributed by atoms with Crippen LogP contribution in [0.3, 0.4) is 0 Å². The number of rotatable bonds is 49. The van der Waals surface area contributed by atoms with Gasteiger partial charge >= 0.3 is 19.8 Å². The number of phosphoric acid groups is 1. The van der Waals surface area contributed by atoms with E-state index in [-0.39, 0.29) is 26.1 Å². The van der Waals surface area contributed by atoms with Crippen molar-refractivity contribution in [3.63, 3.8) is 0 Å². The third-order valence-corrected chi connectivity index (χ3v) is 12.5. The lowest BCUT2D eigenvalue weighted by Crippen LogP contribution is -2.37. The molecule has 0 aromatic carbocycles. The SMILES string of the molecule is CCCCC/C=C/C/C=C/C/C=C/C/C=C/CCCCCC(=O)OC[C@H](COP(=O)(O)OCC[N+](C)(C)C)OC(=O)CCC/C=C/CCCCCCCCCCCCCCCCCCCC. The summed E-state index contributed by atoms with van der Waals surface area (Å²) in [5.41, 5.74) is 0. The van der Waals surface area contributed by atoms with E-state index in [1.807, 2.05) is 21.1 Å². The minimum Gasteiger partial charge on any atom is -0.462 e. The lowest BCUT2D eigenvalue weighted by Gasteiger charge is -2.24. The molecule has 0 heterocycles. The lowest BCUT2D eigenvalue weighted by molar-refractivity contribution is -0.870. The number of unbranched alkanes of at least 4 members (excludes halogenated alkanes) is 25. The number of carbonyl (C=O) groups is 2. The lowest BCUT2D eigenvalue weighted by atomic mass is 10.0. The van der Waals surface area contributed by atoms with Crippen LogP contribution in [0.2, 0.25) is 0 Å². The van der Waals surface area contributed by atoms with E-state index in [0.29, 0.717) is 23.9 Å². The number of esters is 2. The van der Waals surface area contributed by atoms with Crippen molar-refractivity contribution in [2.75, 3.05) is 47.5 Å². The fraction of sp³-hybridized carbons (Fsp3) is 0.786. The molecular formula is C56H103NO8P+. The molecule has 0 fully saturated rings. The van der Waals surface area contributed by atoms with E-state index in [1.165, 1.54) is 141 Å². The quantitative estimate of drug-likeness (QED) is 0.0211. The van der Waals surface area contributed by atoms with E-state index in [1.54, 1.807) is 0 Å². The van der Waals surface area contributed by atoms with Gasteiger partial charge in [-0.3, -0.25) is 18.6 Å². The summed E-state index contributed by atoms with van der Waals surface area (Å²) in [7, 11) is 1.44.